The monoisotopic (exact) mass is 263 g/mol. The molecule has 0 aliphatic heterocycles. The van der Waals surface area contributed by atoms with Gasteiger partial charge in [0.15, 0.2) is 0 Å². The molecule has 0 bridgehead atoms. The molecule has 0 spiro atoms. The lowest BCUT2D eigenvalue weighted by molar-refractivity contribution is 0.0325. The Kier molecular flexibility index (Phi) is 3.86. The summed E-state index contributed by atoms with van der Waals surface area (Å²) in [7, 11) is 0. The molecule has 0 saturated carbocycles. The van der Waals surface area contributed by atoms with Crippen molar-refractivity contribution in [2.45, 2.75) is 12.2 Å². The summed E-state index contributed by atoms with van der Waals surface area (Å²) in [5.41, 5.74) is 5.57. The van der Waals surface area contributed by atoms with Crippen molar-refractivity contribution in [3.05, 3.63) is 29.6 Å². The fourth-order valence-corrected chi connectivity index (χ4v) is 1.50. The van der Waals surface area contributed by atoms with Crippen LogP contribution in [0.15, 0.2) is 18.2 Å². The van der Waals surface area contributed by atoms with Crippen molar-refractivity contribution < 1.29 is 14.6 Å². The molecule has 0 aliphatic rings. The van der Waals surface area contributed by atoms with Gasteiger partial charge in [-0.25, -0.2) is 4.39 Å². The van der Waals surface area contributed by atoms with E-state index in [2.05, 4.69) is 15.9 Å². The van der Waals surface area contributed by atoms with Crippen LogP contribution in [-0.4, -0.2) is 21.6 Å². The fourth-order valence-electron chi connectivity index (χ4n) is 1.14. The molecule has 0 heterocycles. The largest absolute Gasteiger partial charge is 0.398 e. The number of rotatable bonds is 3. The third-order valence-electron chi connectivity index (χ3n) is 1.90. The van der Waals surface area contributed by atoms with Crippen molar-refractivity contribution in [3.8, 4) is 0 Å². The Balaban J connectivity index is 3.05. The number of aliphatic hydroxyl groups excluding tert-OH is 2. The number of anilines is 1. The standard InChI is InChI=1S/C9H11BrFNO2/c10-4-7(13)9(14)8-5(11)2-1-3-6(8)12/h1-3,7,9,13-14H,4,12H2. The minimum Gasteiger partial charge on any atom is -0.398 e. The summed E-state index contributed by atoms with van der Waals surface area (Å²) in [6.45, 7) is 0. The van der Waals surface area contributed by atoms with Gasteiger partial charge in [0.1, 0.15) is 11.9 Å². The number of halogens is 2. The van der Waals surface area contributed by atoms with E-state index in [1.54, 1.807) is 0 Å². The molecule has 1 aromatic rings. The maximum atomic E-state index is 13.2. The van der Waals surface area contributed by atoms with Crippen LogP contribution in [0.1, 0.15) is 11.7 Å². The SMILES string of the molecule is Nc1cccc(F)c1C(O)C(O)CBr. The van der Waals surface area contributed by atoms with Crippen LogP contribution in [0.4, 0.5) is 10.1 Å². The van der Waals surface area contributed by atoms with Crippen LogP contribution >= 0.6 is 15.9 Å². The number of nitrogens with two attached hydrogens (primary N) is 1. The summed E-state index contributed by atoms with van der Waals surface area (Å²) in [6.07, 6.45) is -2.38. The number of hydrogen-bond acceptors (Lipinski definition) is 3. The summed E-state index contributed by atoms with van der Waals surface area (Å²) in [6, 6.07) is 4.11. The quantitative estimate of drug-likeness (QED) is 0.567. The molecule has 0 radical (unpaired) electrons. The summed E-state index contributed by atoms with van der Waals surface area (Å²) >= 11 is 2.99. The van der Waals surface area contributed by atoms with E-state index in [0.717, 1.165) is 0 Å². The first-order valence-corrected chi connectivity index (χ1v) is 5.16. The van der Waals surface area contributed by atoms with Crippen LogP contribution < -0.4 is 5.73 Å². The van der Waals surface area contributed by atoms with Crippen LogP contribution in [0.25, 0.3) is 0 Å². The maximum Gasteiger partial charge on any atom is 0.131 e. The van der Waals surface area contributed by atoms with Crippen LogP contribution in [-0.2, 0) is 0 Å². The second-order valence-electron chi connectivity index (χ2n) is 2.91. The van der Waals surface area contributed by atoms with E-state index in [1.807, 2.05) is 0 Å². The van der Waals surface area contributed by atoms with Crippen molar-refractivity contribution >= 4 is 21.6 Å². The van der Waals surface area contributed by atoms with Gasteiger partial charge < -0.3 is 15.9 Å². The average Bonchev–Trinajstić information content (AvgIpc) is 2.16. The summed E-state index contributed by atoms with van der Waals surface area (Å²) in [4.78, 5) is 0. The topological polar surface area (TPSA) is 66.5 Å². The Morgan fingerprint density at radius 2 is 2.07 bits per heavy atom. The molecule has 3 nitrogen and oxygen atoms in total. The summed E-state index contributed by atoms with van der Waals surface area (Å²) in [5.74, 6) is -0.613. The minimum atomic E-state index is -1.31. The number of hydrogen-bond donors (Lipinski definition) is 3. The molecule has 0 fully saturated rings. The van der Waals surface area contributed by atoms with Gasteiger partial charge in [0.25, 0.3) is 0 Å². The highest BCUT2D eigenvalue weighted by molar-refractivity contribution is 9.09. The number of benzene rings is 1. The third kappa shape index (κ3) is 2.23. The molecular weight excluding hydrogens is 253 g/mol. The van der Waals surface area contributed by atoms with Gasteiger partial charge in [0.05, 0.1) is 6.10 Å². The van der Waals surface area contributed by atoms with E-state index >= 15 is 0 Å². The van der Waals surface area contributed by atoms with Gasteiger partial charge in [-0.15, -0.1) is 0 Å². The van der Waals surface area contributed by atoms with Crippen molar-refractivity contribution in [2.75, 3.05) is 11.1 Å². The molecule has 1 aromatic carbocycles. The lowest BCUT2D eigenvalue weighted by Gasteiger charge is -2.18. The smallest absolute Gasteiger partial charge is 0.131 e. The van der Waals surface area contributed by atoms with Crippen LogP contribution in [0.5, 0.6) is 0 Å². The van der Waals surface area contributed by atoms with Gasteiger partial charge in [0, 0.05) is 16.6 Å². The molecule has 0 amide bonds. The first kappa shape index (κ1) is 11.4. The van der Waals surface area contributed by atoms with E-state index in [-0.39, 0.29) is 16.6 Å². The lowest BCUT2D eigenvalue weighted by atomic mass is 10.0. The van der Waals surface area contributed by atoms with E-state index in [1.165, 1.54) is 18.2 Å². The number of alkyl halides is 1. The second kappa shape index (κ2) is 4.72. The fraction of sp³-hybridized carbons (Fsp3) is 0.333. The van der Waals surface area contributed by atoms with E-state index in [0.29, 0.717) is 0 Å². The van der Waals surface area contributed by atoms with Gasteiger partial charge in [-0.1, -0.05) is 22.0 Å². The molecule has 2 unspecified atom stereocenters. The Morgan fingerprint density at radius 1 is 1.43 bits per heavy atom. The van der Waals surface area contributed by atoms with Gasteiger partial charge in [0.2, 0.25) is 0 Å². The van der Waals surface area contributed by atoms with Crippen molar-refractivity contribution in [1.82, 2.24) is 0 Å². The zero-order valence-electron chi connectivity index (χ0n) is 7.32. The van der Waals surface area contributed by atoms with Crippen LogP contribution in [0.2, 0.25) is 0 Å². The van der Waals surface area contributed by atoms with E-state index < -0.39 is 18.0 Å². The average molecular weight is 264 g/mol. The molecular formula is C9H11BrFNO2. The third-order valence-corrected chi connectivity index (χ3v) is 2.57. The molecule has 0 saturated heterocycles. The van der Waals surface area contributed by atoms with Gasteiger partial charge in [-0.05, 0) is 12.1 Å². The molecule has 1 rings (SSSR count). The molecule has 0 aliphatic carbocycles. The van der Waals surface area contributed by atoms with Gasteiger partial charge in [-0.2, -0.15) is 0 Å². The number of nitrogen functional groups attached to an aromatic ring is 1. The molecule has 5 heteroatoms. The highest BCUT2D eigenvalue weighted by Crippen LogP contribution is 2.26. The van der Waals surface area contributed by atoms with Crippen molar-refractivity contribution in [1.29, 1.82) is 0 Å². The maximum absolute atomic E-state index is 13.2. The minimum absolute atomic E-state index is 0.0561. The second-order valence-corrected chi connectivity index (χ2v) is 3.56. The Hall–Kier alpha value is -0.650. The van der Waals surface area contributed by atoms with Crippen molar-refractivity contribution in [3.63, 3.8) is 0 Å². The Morgan fingerprint density at radius 3 is 2.57 bits per heavy atom. The highest BCUT2D eigenvalue weighted by Gasteiger charge is 2.22. The highest BCUT2D eigenvalue weighted by atomic mass is 79.9. The Bertz CT molecular complexity index is 301. The van der Waals surface area contributed by atoms with E-state index in [4.69, 9.17) is 5.73 Å². The van der Waals surface area contributed by atoms with Gasteiger partial charge in [-0.3, -0.25) is 0 Å². The predicted molar refractivity (Wildman–Crippen MR) is 55.6 cm³/mol. The predicted octanol–water partition coefficient (Wildman–Crippen LogP) is 1.20. The first-order chi connectivity index (χ1) is 6.57. The normalized spacial score (nSPS) is 15.1. The van der Waals surface area contributed by atoms with Crippen LogP contribution in [0, 0.1) is 5.82 Å². The first-order valence-electron chi connectivity index (χ1n) is 4.04. The molecule has 78 valence electrons. The van der Waals surface area contributed by atoms with Crippen molar-refractivity contribution in [2.24, 2.45) is 0 Å². The zero-order chi connectivity index (χ0) is 10.7. The molecule has 0 aromatic heterocycles. The summed E-state index contributed by atoms with van der Waals surface area (Å²) in [5, 5.41) is 19.0. The van der Waals surface area contributed by atoms with E-state index in [9.17, 15) is 14.6 Å². The Labute approximate surface area is 89.5 Å². The molecule has 4 N–H and O–H groups in total. The van der Waals surface area contributed by atoms with Crippen LogP contribution in [0.3, 0.4) is 0 Å². The van der Waals surface area contributed by atoms with Gasteiger partial charge >= 0.3 is 0 Å². The molecule has 2 atom stereocenters. The molecule has 14 heavy (non-hydrogen) atoms. The zero-order valence-corrected chi connectivity index (χ0v) is 8.91. The lowest BCUT2D eigenvalue weighted by Crippen LogP contribution is -2.21. The summed E-state index contributed by atoms with van der Waals surface area (Å²) < 4.78 is 13.2. The number of aliphatic hydroxyl groups is 2.